The summed E-state index contributed by atoms with van der Waals surface area (Å²) in [6, 6.07) is 5.31. The predicted molar refractivity (Wildman–Crippen MR) is 92.7 cm³/mol. The van der Waals surface area contributed by atoms with Gasteiger partial charge >= 0.3 is 6.18 Å². The number of ketones is 1. The highest BCUT2D eigenvalue weighted by Crippen LogP contribution is 2.29. The Morgan fingerprint density at radius 2 is 1.93 bits per heavy atom. The fourth-order valence-electron chi connectivity index (χ4n) is 2.31. The maximum Gasteiger partial charge on any atom is 0.417 e. The summed E-state index contributed by atoms with van der Waals surface area (Å²) in [5.74, 6) is -0.472. The summed E-state index contributed by atoms with van der Waals surface area (Å²) in [6.07, 6.45) is -3.68. The van der Waals surface area contributed by atoms with E-state index in [0.717, 1.165) is 23.6 Å². The lowest BCUT2D eigenvalue weighted by Crippen LogP contribution is -2.24. The maximum atomic E-state index is 12.8. The molecule has 0 fully saturated rings. The van der Waals surface area contributed by atoms with Gasteiger partial charge in [-0.2, -0.15) is 13.2 Å². The molecule has 3 aromatic rings. The average Bonchev–Trinajstić information content (AvgIpc) is 3.22. The number of carbonyl (C=O) groups is 2. The number of aromatic nitrogens is 3. The SMILES string of the molecule is O=C(CCC(=O)c1ccc(Cl)s1)NCc1nnc2ccc(C(F)(F)F)cn12. The predicted octanol–water partition coefficient (Wildman–Crippen LogP) is 3.74. The zero-order valence-corrected chi connectivity index (χ0v) is 15.2. The number of nitrogens with one attached hydrogen (secondary N) is 1. The molecule has 0 saturated carbocycles. The second-order valence-electron chi connectivity index (χ2n) is 5.56. The van der Waals surface area contributed by atoms with Crippen molar-refractivity contribution in [3.63, 3.8) is 0 Å². The van der Waals surface area contributed by atoms with Crippen LogP contribution in [0.1, 0.15) is 33.9 Å². The summed E-state index contributed by atoms with van der Waals surface area (Å²) in [7, 11) is 0. The summed E-state index contributed by atoms with van der Waals surface area (Å²) in [6.45, 7) is -0.111. The zero-order chi connectivity index (χ0) is 19.6. The molecule has 27 heavy (non-hydrogen) atoms. The number of hydrogen-bond acceptors (Lipinski definition) is 5. The van der Waals surface area contributed by atoms with Gasteiger partial charge in [-0.15, -0.1) is 21.5 Å². The van der Waals surface area contributed by atoms with Gasteiger partial charge < -0.3 is 5.32 Å². The average molecular weight is 417 g/mol. The number of thiophene rings is 1. The number of Topliss-reactive ketones (excluding diaryl/α,β-unsaturated/α-hetero) is 1. The Morgan fingerprint density at radius 1 is 1.15 bits per heavy atom. The van der Waals surface area contributed by atoms with Crippen molar-refractivity contribution in [1.29, 1.82) is 0 Å². The Hall–Kier alpha value is -2.46. The van der Waals surface area contributed by atoms with Crippen LogP contribution < -0.4 is 5.32 Å². The number of rotatable bonds is 6. The molecule has 0 aliphatic rings. The molecule has 1 amide bonds. The third-order valence-electron chi connectivity index (χ3n) is 3.67. The molecule has 0 saturated heterocycles. The van der Waals surface area contributed by atoms with E-state index in [0.29, 0.717) is 9.21 Å². The number of carbonyl (C=O) groups excluding carboxylic acids is 2. The highest BCUT2D eigenvalue weighted by Gasteiger charge is 2.31. The fourth-order valence-corrected chi connectivity index (χ4v) is 3.32. The number of hydrogen-bond donors (Lipinski definition) is 1. The van der Waals surface area contributed by atoms with Gasteiger partial charge in [-0.3, -0.25) is 14.0 Å². The fraction of sp³-hybridized carbons (Fsp3) is 0.250. The Morgan fingerprint density at radius 3 is 2.59 bits per heavy atom. The molecule has 0 aliphatic carbocycles. The van der Waals surface area contributed by atoms with Gasteiger partial charge in [-0.25, -0.2) is 0 Å². The molecule has 1 N–H and O–H groups in total. The molecule has 3 rings (SSSR count). The standard InChI is InChI=1S/C16H12ClF3N4O2S/c17-12-4-3-11(27-12)10(25)2-6-15(26)21-7-14-23-22-13-5-1-9(8-24(13)14)16(18,19)20/h1,3-5,8H,2,6-7H2,(H,21,26). The minimum absolute atomic E-state index is 0.00147. The van der Waals surface area contributed by atoms with E-state index in [1.165, 1.54) is 10.5 Å². The van der Waals surface area contributed by atoms with Crippen LogP contribution in [0.15, 0.2) is 30.5 Å². The Labute approximate surface area is 160 Å². The Kier molecular flexibility index (Phi) is 5.47. The van der Waals surface area contributed by atoms with Crippen LogP contribution in [-0.2, 0) is 17.5 Å². The van der Waals surface area contributed by atoms with E-state index >= 15 is 0 Å². The number of fused-ring (bicyclic) bond motifs is 1. The summed E-state index contributed by atoms with van der Waals surface area (Å²) in [5, 5.41) is 10.1. The monoisotopic (exact) mass is 416 g/mol. The smallest absolute Gasteiger partial charge is 0.349 e. The molecule has 0 unspecified atom stereocenters. The first-order chi connectivity index (χ1) is 12.7. The van der Waals surface area contributed by atoms with E-state index in [-0.39, 0.29) is 36.6 Å². The van der Waals surface area contributed by atoms with Crippen molar-refractivity contribution in [3.8, 4) is 0 Å². The lowest BCUT2D eigenvalue weighted by atomic mass is 10.2. The first-order valence-corrected chi connectivity index (χ1v) is 8.89. The van der Waals surface area contributed by atoms with Crippen LogP contribution in [-0.4, -0.2) is 26.3 Å². The van der Waals surface area contributed by atoms with Crippen molar-refractivity contribution in [2.24, 2.45) is 0 Å². The highest BCUT2D eigenvalue weighted by atomic mass is 35.5. The molecule has 3 heterocycles. The van der Waals surface area contributed by atoms with Gasteiger partial charge in [0.25, 0.3) is 0 Å². The number of alkyl halides is 3. The maximum absolute atomic E-state index is 12.8. The molecule has 6 nitrogen and oxygen atoms in total. The third kappa shape index (κ3) is 4.64. The number of nitrogens with zero attached hydrogens (tertiary/aromatic N) is 3. The molecule has 0 aromatic carbocycles. The number of pyridine rings is 1. The lowest BCUT2D eigenvalue weighted by Gasteiger charge is -2.08. The van der Waals surface area contributed by atoms with Gasteiger partial charge in [0.15, 0.2) is 17.3 Å². The molecule has 0 bridgehead atoms. The van der Waals surface area contributed by atoms with Gasteiger partial charge in [0.1, 0.15) is 0 Å². The highest BCUT2D eigenvalue weighted by molar-refractivity contribution is 7.18. The minimum Gasteiger partial charge on any atom is -0.349 e. The van der Waals surface area contributed by atoms with Crippen LogP contribution in [0.2, 0.25) is 4.34 Å². The van der Waals surface area contributed by atoms with Crippen molar-refractivity contribution < 1.29 is 22.8 Å². The van der Waals surface area contributed by atoms with Crippen LogP contribution in [0.4, 0.5) is 13.2 Å². The van der Waals surface area contributed by atoms with Crippen molar-refractivity contribution in [2.75, 3.05) is 0 Å². The first-order valence-electron chi connectivity index (χ1n) is 7.70. The first kappa shape index (κ1) is 19.3. The van der Waals surface area contributed by atoms with Crippen LogP contribution in [0.25, 0.3) is 5.65 Å². The Bertz CT molecular complexity index is 999. The van der Waals surface area contributed by atoms with Crippen molar-refractivity contribution in [3.05, 3.63) is 51.1 Å². The van der Waals surface area contributed by atoms with Gasteiger partial charge in [0.2, 0.25) is 5.91 Å². The van der Waals surface area contributed by atoms with E-state index < -0.39 is 17.6 Å². The number of amides is 1. The Balaban J connectivity index is 1.59. The second-order valence-corrected chi connectivity index (χ2v) is 7.28. The van der Waals surface area contributed by atoms with Crippen molar-refractivity contribution in [2.45, 2.75) is 25.6 Å². The molecule has 0 spiro atoms. The molecule has 0 atom stereocenters. The quantitative estimate of drug-likeness (QED) is 0.621. The van der Waals surface area contributed by atoms with Gasteiger partial charge in [0.05, 0.1) is 21.3 Å². The van der Waals surface area contributed by atoms with Crippen LogP contribution in [0.3, 0.4) is 0 Å². The topological polar surface area (TPSA) is 76.4 Å². The van der Waals surface area contributed by atoms with E-state index in [4.69, 9.17) is 11.6 Å². The second kappa shape index (κ2) is 7.65. The summed E-state index contributed by atoms with van der Waals surface area (Å²) in [4.78, 5) is 24.3. The van der Waals surface area contributed by atoms with Crippen LogP contribution in [0, 0.1) is 0 Å². The zero-order valence-electron chi connectivity index (χ0n) is 13.6. The van der Waals surface area contributed by atoms with Crippen LogP contribution in [0.5, 0.6) is 0 Å². The van der Waals surface area contributed by atoms with Crippen molar-refractivity contribution in [1.82, 2.24) is 19.9 Å². The molecule has 0 radical (unpaired) electrons. The largest absolute Gasteiger partial charge is 0.417 e. The summed E-state index contributed by atoms with van der Waals surface area (Å²) < 4.78 is 40.1. The van der Waals surface area contributed by atoms with E-state index in [1.807, 2.05) is 0 Å². The molecule has 0 aliphatic heterocycles. The minimum atomic E-state index is -4.50. The molecule has 3 aromatic heterocycles. The molecular formula is C16H12ClF3N4O2S. The normalized spacial score (nSPS) is 11.7. The van der Waals surface area contributed by atoms with Crippen molar-refractivity contribution >= 4 is 40.3 Å². The van der Waals surface area contributed by atoms with E-state index in [2.05, 4.69) is 15.5 Å². The van der Waals surface area contributed by atoms with E-state index in [1.54, 1.807) is 12.1 Å². The van der Waals surface area contributed by atoms with Crippen LogP contribution >= 0.6 is 22.9 Å². The lowest BCUT2D eigenvalue weighted by molar-refractivity contribution is -0.137. The van der Waals surface area contributed by atoms with Gasteiger partial charge in [-0.05, 0) is 24.3 Å². The summed E-state index contributed by atoms with van der Waals surface area (Å²) >= 11 is 6.90. The summed E-state index contributed by atoms with van der Waals surface area (Å²) in [5.41, 5.74) is -0.611. The van der Waals surface area contributed by atoms with E-state index in [9.17, 15) is 22.8 Å². The van der Waals surface area contributed by atoms with Gasteiger partial charge in [0, 0.05) is 19.0 Å². The molecule has 11 heteroatoms. The molecule has 142 valence electrons. The third-order valence-corrected chi connectivity index (χ3v) is 4.94. The number of halogens is 4. The van der Waals surface area contributed by atoms with Gasteiger partial charge in [-0.1, -0.05) is 11.6 Å². The molecular weight excluding hydrogens is 405 g/mol.